The standard InChI is InChI=1S/6CN.ClH.Fe.3K.3H/c6*1-2;;;;;;;;/h;;;;;;1H;;;;;;;/q;;;;;;;+1;;;;;;/p-1. The molecule has 0 amide bonds. The molecule has 0 bridgehead atoms. The van der Waals surface area contributed by atoms with Crippen LogP contribution in [0.2, 0.25) is 0 Å². The van der Waals surface area contributed by atoms with Crippen molar-refractivity contribution in [2.24, 2.45) is 0 Å². The molecule has 11 heteroatoms. The number of nitriles is 6. The molecule has 0 aliphatic rings. The summed E-state index contributed by atoms with van der Waals surface area (Å²) in [6.45, 7) is 0. The van der Waals surface area contributed by atoms with Gasteiger partial charge in [-0.05, 0) is 0 Å². The van der Waals surface area contributed by atoms with Crippen LogP contribution in [0, 0.1) is 61.4 Å². The third-order valence-electron chi connectivity index (χ3n) is 1.37. The molecule has 0 aromatic rings. The van der Waals surface area contributed by atoms with Crippen molar-refractivity contribution in [3.8, 4) is 29.8 Å². The molecule has 0 rings (SSSR count). The summed E-state index contributed by atoms with van der Waals surface area (Å²) >= 11 is 0. The second-order valence-corrected chi connectivity index (χ2v) is 12.4. The number of hydrogen-bond acceptors (Lipinski definition) is 6. The fraction of sp³-hybridized carbons (Fsp3) is 0. The van der Waals surface area contributed by atoms with E-state index in [1.54, 1.807) is 0 Å². The molecule has 0 spiro atoms. The van der Waals surface area contributed by atoms with Crippen LogP contribution in [0.15, 0.2) is 0 Å². The van der Waals surface area contributed by atoms with E-state index in [2.05, 4.69) is 0 Å². The van der Waals surface area contributed by atoms with Crippen LogP contribution in [-0.4, -0.2) is 154 Å². The summed E-state index contributed by atoms with van der Waals surface area (Å²) < 4.78 is 0. The maximum atomic E-state index is 8.71. The van der Waals surface area contributed by atoms with Crippen LogP contribution in [0.4, 0.5) is 0 Å². The fourth-order valence-corrected chi connectivity index (χ4v) is 1.09. The van der Waals surface area contributed by atoms with Crippen LogP contribution >= 0.6 is 10.1 Å². The molecule has 0 aliphatic carbocycles. The van der Waals surface area contributed by atoms with E-state index in [4.69, 9.17) is 41.7 Å². The minimum atomic E-state index is -7.31. The third kappa shape index (κ3) is 3.46. The monoisotopic (exact) mass is 367 g/mol. The predicted octanol–water partition coefficient (Wildman–Crippen LogP) is -1.16. The Morgan fingerprint density at radius 1 is 0.529 bits per heavy atom. The zero-order chi connectivity index (χ0) is 11.6. The van der Waals surface area contributed by atoms with E-state index in [9.17, 15) is 0 Å². The van der Waals surface area contributed by atoms with E-state index in [1.165, 1.54) is 0 Å². The molecule has 0 saturated heterocycles. The van der Waals surface area contributed by atoms with Crippen molar-refractivity contribution in [3.05, 3.63) is 0 Å². The Kier molecular flexibility index (Phi) is 10.9. The Morgan fingerprint density at radius 3 is 0.647 bits per heavy atom. The summed E-state index contributed by atoms with van der Waals surface area (Å²) in [6.07, 6.45) is 0. The molecule has 0 saturated carbocycles. The molecule has 0 aliphatic heterocycles. The first-order valence-electron chi connectivity index (χ1n) is 2.54. The molecule has 0 aromatic heterocycles. The molecule has 0 heterocycles. The number of nitrogens with zero attached hydrogens (tertiary/aromatic N) is 6. The Labute approximate surface area is 227 Å². The molecule has 0 radical (unpaired) electrons. The van der Waals surface area contributed by atoms with Crippen LogP contribution in [-0.2, 0) is 8.77 Å². The molecule has 0 atom stereocenters. The second-order valence-electron chi connectivity index (χ2n) is 2.20. The van der Waals surface area contributed by atoms with Crippen molar-refractivity contribution >= 4 is 164 Å². The van der Waals surface area contributed by atoms with Gasteiger partial charge < -0.3 is 0 Å². The minimum absolute atomic E-state index is 0. The summed E-state index contributed by atoms with van der Waals surface area (Å²) in [5.74, 6) is 0. The SMILES string of the molecule is N#[C][Fe]([Cl])([C]#N)([C]#N)([C]#N)([C]#N)[C]#N.[KH].[KH].[KH]. The zero-order valence-corrected chi connectivity index (χ0v) is 8.27. The molecular weight excluding hydrogens is 365 g/mol. The Bertz CT molecular complexity index is 474. The Balaban J connectivity index is -0.000000282. The number of halogens is 1. The Hall–Kier alpha value is 2.66. The van der Waals surface area contributed by atoms with Gasteiger partial charge in [0.15, 0.2) is 0 Å². The summed E-state index contributed by atoms with van der Waals surface area (Å²) in [5, 5.41) is 52.2. The zero-order valence-electron chi connectivity index (χ0n) is 6.41. The van der Waals surface area contributed by atoms with E-state index in [-0.39, 0.29) is 154 Å². The van der Waals surface area contributed by atoms with Crippen LogP contribution in [0.3, 0.4) is 0 Å². The van der Waals surface area contributed by atoms with Crippen molar-refractivity contribution in [1.29, 1.82) is 31.6 Å². The van der Waals surface area contributed by atoms with Gasteiger partial charge in [0.05, 0.1) is 0 Å². The van der Waals surface area contributed by atoms with Crippen LogP contribution in [0.1, 0.15) is 0 Å². The molecular formula is C6H3ClFeK3N6. The summed E-state index contributed by atoms with van der Waals surface area (Å²) in [5.41, 5.74) is 0. The average Bonchev–Trinajstić information content (AvgIpc) is 2.31. The Morgan fingerprint density at radius 2 is 0.647 bits per heavy atom. The quantitative estimate of drug-likeness (QED) is 0.494. The van der Waals surface area contributed by atoms with Crippen LogP contribution < -0.4 is 0 Å². The number of hydrogen-bond donors (Lipinski definition) is 0. The maximum absolute atomic E-state index is 8.71. The van der Waals surface area contributed by atoms with Gasteiger partial charge in [-0.1, -0.05) is 0 Å². The number of rotatable bonds is 0. The van der Waals surface area contributed by atoms with E-state index in [1.807, 2.05) is 0 Å². The normalized spacial score (nSPS) is 13.5. The molecule has 0 unspecified atom stereocenters. The van der Waals surface area contributed by atoms with Crippen molar-refractivity contribution < 1.29 is 8.77 Å². The van der Waals surface area contributed by atoms with Gasteiger partial charge in [0.2, 0.25) is 0 Å². The van der Waals surface area contributed by atoms with Crippen molar-refractivity contribution in [2.45, 2.75) is 0 Å². The summed E-state index contributed by atoms with van der Waals surface area (Å²) in [6, 6.07) is 0. The van der Waals surface area contributed by atoms with Crippen LogP contribution in [0.5, 0.6) is 0 Å². The van der Waals surface area contributed by atoms with Gasteiger partial charge in [0.25, 0.3) is 0 Å². The van der Waals surface area contributed by atoms with Gasteiger partial charge >= 0.3 is 234 Å². The van der Waals surface area contributed by atoms with E-state index < -0.39 is 8.77 Å². The summed E-state index contributed by atoms with van der Waals surface area (Å²) in [7, 11) is -1.92. The first kappa shape index (κ1) is 27.9. The second kappa shape index (κ2) is 6.61. The molecule has 0 fully saturated rings. The van der Waals surface area contributed by atoms with E-state index >= 15 is 0 Å². The van der Waals surface area contributed by atoms with E-state index in [0.29, 0.717) is 0 Å². The van der Waals surface area contributed by atoms with Gasteiger partial charge in [-0.3, -0.25) is 0 Å². The van der Waals surface area contributed by atoms with Crippen molar-refractivity contribution in [1.82, 2.24) is 0 Å². The molecule has 75 valence electrons. The first-order chi connectivity index (χ1) is 6.22. The average molecular weight is 368 g/mol. The van der Waals surface area contributed by atoms with E-state index in [0.717, 1.165) is 29.8 Å². The summed E-state index contributed by atoms with van der Waals surface area (Å²) in [4.78, 5) is 5.22. The van der Waals surface area contributed by atoms with Gasteiger partial charge in [0, 0.05) is 0 Å². The van der Waals surface area contributed by atoms with Crippen molar-refractivity contribution in [2.75, 3.05) is 0 Å². The van der Waals surface area contributed by atoms with Gasteiger partial charge in [-0.2, -0.15) is 0 Å². The molecule has 17 heavy (non-hydrogen) atoms. The topological polar surface area (TPSA) is 143 Å². The third-order valence-corrected chi connectivity index (χ3v) is 7.11. The van der Waals surface area contributed by atoms with Gasteiger partial charge in [0.1, 0.15) is 0 Å². The van der Waals surface area contributed by atoms with Gasteiger partial charge in [-0.15, -0.1) is 0 Å². The molecule has 0 aromatic carbocycles. The van der Waals surface area contributed by atoms with Crippen molar-refractivity contribution in [3.63, 3.8) is 0 Å². The fourth-order valence-electron chi connectivity index (χ4n) is 0.265. The first-order valence-corrected chi connectivity index (χ1v) is 7.37. The van der Waals surface area contributed by atoms with Gasteiger partial charge in [-0.25, -0.2) is 0 Å². The molecule has 6 nitrogen and oxygen atoms in total. The predicted molar refractivity (Wildman–Crippen MR) is 61.0 cm³/mol. The molecule has 0 N–H and O–H groups in total. The van der Waals surface area contributed by atoms with Crippen LogP contribution in [0.25, 0.3) is 0 Å².